The summed E-state index contributed by atoms with van der Waals surface area (Å²) in [4.78, 5) is 12.1. The van der Waals surface area contributed by atoms with Gasteiger partial charge in [-0.3, -0.25) is 4.79 Å². The molecule has 2 N–H and O–H groups in total. The maximum atomic E-state index is 12.1. The molecule has 0 bridgehead atoms. The SMILES string of the molecule is CC(CO)CCCNC(=O)c1ccc2c(c1)CCCC2. The van der Waals surface area contributed by atoms with Crippen molar-refractivity contribution < 1.29 is 9.90 Å². The number of fused-ring (bicyclic) bond motifs is 1. The fourth-order valence-electron chi connectivity index (χ4n) is 2.72. The Kier molecular flexibility index (Phi) is 5.60. The van der Waals surface area contributed by atoms with Gasteiger partial charge in [-0.2, -0.15) is 0 Å². The highest BCUT2D eigenvalue weighted by molar-refractivity contribution is 5.94. The average Bonchev–Trinajstić information content (AvgIpc) is 2.50. The molecule has 1 atom stereocenters. The molecule has 0 spiro atoms. The molecule has 20 heavy (non-hydrogen) atoms. The fraction of sp³-hybridized carbons (Fsp3) is 0.588. The molecule has 3 nitrogen and oxygen atoms in total. The molecule has 1 aliphatic carbocycles. The highest BCUT2D eigenvalue weighted by atomic mass is 16.3. The topological polar surface area (TPSA) is 49.3 Å². The van der Waals surface area contributed by atoms with E-state index >= 15 is 0 Å². The third kappa shape index (κ3) is 4.07. The molecule has 1 aliphatic rings. The average molecular weight is 275 g/mol. The monoisotopic (exact) mass is 275 g/mol. The minimum atomic E-state index is 0.0232. The van der Waals surface area contributed by atoms with E-state index in [1.165, 1.54) is 24.0 Å². The zero-order valence-electron chi connectivity index (χ0n) is 12.3. The minimum Gasteiger partial charge on any atom is -0.396 e. The number of aliphatic hydroxyl groups is 1. The van der Waals surface area contributed by atoms with Gasteiger partial charge in [0.15, 0.2) is 0 Å². The van der Waals surface area contributed by atoms with Crippen molar-refractivity contribution in [3.05, 3.63) is 34.9 Å². The quantitative estimate of drug-likeness (QED) is 0.784. The van der Waals surface area contributed by atoms with Crippen LogP contribution in [0.2, 0.25) is 0 Å². The van der Waals surface area contributed by atoms with Crippen LogP contribution in [0.25, 0.3) is 0 Å². The molecule has 0 fully saturated rings. The van der Waals surface area contributed by atoms with E-state index in [1.807, 2.05) is 13.0 Å². The minimum absolute atomic E-state index is 0.0232. The van der Waals surface area contributed by atoms with Crippen LogP contribution in [0.3, 0.4) is 0 Å². The van der Waals surface area contributed by atoms with E-state index in [4.69, 9.17) is 5.11 Å². The van der Waals surface area contributed by atoms with E-state index in [1.54, 1.807) is 0 Å². The van der Waals surface area contributed by atoms with E-state index in [0.717, 1.165) is 31.2 Å². The molecule has 2 rings (SSSR count). The first-order valence-electron chi connectivity index (χ1n) is 7.71. The van der Waals surface area contributed by atoms with Crippen molar-refractivity contribution >= 4 is 5.91 Å². The Morgan fingerprint density at radius 2 is 2.05 bits per heavy atom. The molecule has 1 amide bonds. The van der Waals surface area contributed by atoms with E-state index < -0.39 is 0 Å². The highest BCUT2D eigenvalue weighted by Gasteiger charge is 2.12. The molecule has 0 saturated carbocycles. The summed E-state index contributed by atoms with van der Waals surface area (Å²) in [6.45, 7) is 2.92. The van der Waals surface area contributed by atoms with Gasteiger partial charge in [-0.15, -0.1) is 0 Å². The van der Waals surface area contributed by atoms with Gasteiger partial charge in [-0.1, -0.05) is 13.0 Å². The van der Waals surface area contributed by atoms with Crippen molar-refractivity contribution in [1.82, 2.24) is 5.32 Å². The van der Waals surface area contributed by atoms with Gasteiger partial charge in [0.25, 0.3) is 5.91 Å². The predicted octanol–water partition coefficient (Wildman–Crippen LogP) is 2.70. The Morgan fingerprint density at radius 3 is 2.80 bits per heavy atom. The number of benzene rings is 1. The van der Waals surface area contributed by atoms with Gasteiger partial charge >= 0.3 is 0 Å². The van der Waals surface area contributed by atoms with Crippen molar-refractivity contribution in [3.63, 3.8) is 0 Å². The summed E-state index contributed by atoms with van der Waals surface area (Å²) in [7, 11) is 0. The zero-order chi connectivity index (χ0) is 14.4. The van der Waals surface area contributed by atoms with Crippen LogP contribution in [0.15, 0.2) is 18.2 Å². The second kappa shape index (κ2) is 7.44. The molecule has 1 aromatic rings. The van der Waals surface area contributed by atoms with Gasteiger partial charge in [0.05, 0.1) is 0 Å². The van der Waals surface area contributed by atoms with Gasteiger partial charge in [-0.05, 0) is 67.7 Å². The first-order chi connectivity index (χ1) is 9.70. The molecule has 0 heterocycles. The van der Waals surface area contributed by atoms with E-state index in [2.05, 4.69) is 17.4 Å². The standard InChI is InChI=1S/C17H25NO2/c1-13(12-19)5-4-10-18-17(20)16-9-8-14-6-2-3-7-15(14)11-16/h8-9,11,13,19H,2-7,10,12H2,1H3,(H,18,20). The number of carbonyl (C=O) groups excluding carboxylic acids is 1. The lowest BCUT2D eigenvalue weighted by Gasteiger charge is -2.16. The molecule has 0 aliphatic heterocycles. The number of amides is 1. The molecular weight excluding hydrogens is 250 g/mol. The molecule has 110 valence electrons. The lowest BCUT2D eigenvalue weighted by Crippen LogP contribution is -2.25. The van der Waals surface area contributed by atoms with Crippen LogP contribution in [0.1, 0.15) is 54.1 Å². The van der Waals surface area contributed by atoms with Gasteiger partial charge in [0.2, 0.25) is 0 Å². The van der Waals surface area contributed by atoms with Crippen molar-refractivity contribution in [1.29, 1.82) is 0 Å². The first kappa shape index (κ1) is 15.0. The normalized spacial score (nSPS) is 15.5. The summed E-state index contributed by atoms with van der Waals surface area (Å²) < 4.78 is 0. The van der Waals surface area contributed by atoms with Crippen LogP contribution in [0, 0.1) is 5.92 Å². The second-order valence-electron chi connectivity index (χ2n) is 5.88. The van der Waals surface area contributed by atoms with E-state index in [-0.39, 0.29) is 12.5 Å². The Balaban J connectivity index is 1.83. The van der Waals surface area contributed by atoms with Crippen LogP contribution >= 0.6 is 0 Å². The third-order valence-corrected chi connectivity index (χ3v) is 4.08. The fourth-order valence-corrected chi connectivity index (χ4v) is 2.72. The van der Waals surface area contributed by atoms with Crippen LogP contribution in [-0.4, -0.2) is 24.2 Å². The number of hydrogen-bond donors (Lipinski definition) is 2. The number of rotatable bonds is 6. The summed E-state index contributed by atoms with van der Waals surface area (Å²) in [5.41, 5.74) is 3.53. The molecule has 0 radical (unpaired) electrons. The number of hydrogen-bond acceptors (Lipinski definition) is 2. The van der Waals surface area contributed by atoms with Crippen LogP contribution in [0.4, 0.5) is 0 Å². The largest absolute Gasteiger partial charge is 0.396 e. The first-order valence-corrected chi connectivity index (χ1v) is 7.71. The number of nitrogens with one attached hydrogen (secondary N) is 1. The van der Waals surface area contributed by atoms with Crippen LogP contribution in [0.5, 0.6) is 0 Å². The number of aliphatic hydroxyl groups excluding tert-OH is 1. The van der Waals surface area contributed by atoms with Crippen LogP contribution < -0.4 is 5.32 Å². The molecule has 1 unspecified atom stereocenters. The molecular formula is C17H25NO2. The summed E-state index contributed by atoms with van der Waals surface area (Å²) in [6.07, 6.45) is 6.61. The lowest BCUT2D eigenvalue weighted by atomic mass is 9.90. The summed E-state index contributed by atoms with van der Waals surface area (Å²) in [5.74, 6) is 0.339. The molecule has 0 saturated heterocycles. The Bertz CT molecular complexity index is 456. The van der Waals surface area contributed by atoms with Gasteiger partial charge in [-0.25, -0.2) is 0 Å². The maximum Gasteiger partial charge on any atom is 0.251 e. The maximum absolute atomic E-state index is 12.1. The molecule has 0 aromatic heterocycles. The third-order valence-electron chi connectivity index (χ3n) is 4.08. The Labute approximate surface area is 121 Å². The number of aryl methyl sites for hydroxylation is 2. The second-order valence-corrected chi connectivity index (χ2v) is 5.88. The Morgan fingerprint density at radius 1 is 1.30 bits per heavy atom. The number of carbonyl (C=O) groups is 1. The smallest absolute Gasteiger partial charge is 0.251 e. The highest BCUT2D eigenvalue weighted by Crippen LogP contribution is 2.22. The lowest BCUT2D eigenvalue weighted by molar-refractivity contribution is 0.0952. The molecule has 1 aromatic carbocycles. The van der Waals surface area contributed by atoms with Gasteiger partial charge in [0, 0.05) is 18.7 Å². The van der Waals surface area contributed by atoms with Crippen molar-refractivity contribution in [2.24, 2.45) is 5.92 Å². The molecule has 3 heteroatoms. The summed E-state index contributed by atoms with van der Waals surface area (Å²) in [6, 6.07) is 6.10. The van der Waals surface area contributed by atoms with Crippen molar-refractivity contribution in [3.8, 4) is 0 Å². The van der Waals surface area contributed by atoms with Crippen molar-refractivity contribution in [2.45, 2.75) is 45.4 Å². The predicted molar refractivity (Wildman–Crippen MR) is 80.9 cm³/mol. The van der Waals surface area contributed by atoms with Gasteiger partial charge in [0.1, 0.15) is 0 Å². The van der Waals surface area contributed by atoms with Gasteiger partial charge < -0.3 is 10.4 Å². The summed E-state index contributed by atoms with van der Waals surface area (Å²) >= 11 is 0. The van der Waals surface area contributed by atoms with E-state index in [0.29, 0.717) is 12.5 Å². The van der Waals surface area contributed by atoms with Crippen LogP contribution in [-0.2, 0) is 12.8 Å². The van der Waals surface area contributed by atoms with Crippen molar-refractivity contribution in [2.75, 3.05) is 13.2 Å². The van der Waals surface area contributed by atoms with E-state index in [9.17, 15) is 4.79 Å². The Hall–Kier alpha value is -1.35. The zero-order valence-corrected chi connectivity index (χ0v) is 12.3. The summed E-state index contributed by atoms with van der Waals surface area (Å²) in [5, 5.41) is 11.9.